The Morgan fingerprint density at radius 3 is 2.56 bits per heavy atom. The van der Waals surface area contributed by atoms with Crippen LogP contribution in [0.5, 0.6) is 11.5 Å². The van der Waals surface area contributed by atoms with Crippen LogP contribution < -0.4 is 9.47 Å². The summed E-state index contributed by atoms with van der Waals surface area (Å²) in [5, 5.41) is 8.00. The van der Waals surface area contributed by atoms with E-state index in [1.54, 1.807) is 27.3 Å². The summed E-state index contributed by atoms with van der Waals surface area (Å²) in [5.74, 6) is 1.79. The summed E-state index contributed by atoms with van der Waals surface area (Å²) in [5.41, 5.74) is 4.16. The minimum atomic E-state index is -1.33. The van der Waals surface area contributed by atoms with Crippen molar-refractivity contribution in [2.24, 2.45) is 0 Å². The molecular formula is C19H25N3O4S. The van der Waals surface area contributed by atoms with Gasteiger partial charge in [0, 0.05) is 30.0 Å². The van der Waals surface area contributed by atoms with Gasteiger partial charge in [-0.1, -0.05) is 0 Å². The molecule has 146 valence electrons. The Morgan fingerprint density at radius 2 is 1.93 bits per heavy atom. The third kappa shape index (κ3) is 4.84. The molecule has 0 fully saturated rings. The molecule has 0 amide bonds. The van der Waals surface area contributed by atoms with Gasteiger partial charge in [0.05, 0.1) is 47.5 Å². The number of nitrogens with one attached hydrogen (secondary N) is 1. The van der Waals surface area contributed by atoms with Gasteiger partial charge < -0.3 is 19.6 Å². The standard InChI is InChI=1S/C17H19N3O3S.C2H6O/c1-10-8-18-15(11(2)16(10)23-4)9-24(21)17-19-13-6-5-12(22-3)7-14(13)20-17;1-2-3/h5-8H,9H2,1-4H3,(H,19,20);3H,2H2,1H3/t24-;/m1./s1. The number of imidazole rings is 1. The van der Waals surface area contributed by atoms with Crippen molar-refractivity contribution < 1.29 is 18.8 Å². The van der Waals surface area contributed by atoms with Gasteiger partial charge in [-0.15, -0.1) is 0 Å². The Labute approximate surface area is 161 Å². The molecule has 0 aliphatic rings. The summed E-state index contributed by atoms with van der Waals surface area (Å²) in [4.78, 5) is 11.9. The topological polar surface area (TPSA) is 97.3 Å². The Kier molecular flexibility index (Phi) is 7.32. The van der Waals surface area contributed by atoms with Crippen LogP contribution in [0.4, 0.5) is 0 Å². The Bertz CT molecular complexity index is 940. The van der Waals surface area contributed by atoms with E-state index in [-0.39, 0.29) is 12.4 Å². The molecule has 0 radical (unpaired) electrons. The highest BCUT2D eigenvalue weighted by molar-refractivity contribution is 7.84. The van der Waals surface area contributed by atoms with E-state index < -0.39 is 10.8 Å². The molecule has 8 heteroatoms. The molecule has 3 rings (SSSR count). The first kappa shape index (κ1) is 20.9. The van der Waals surface area contributed by atoms with E-state index in [1.807, 2.05) is 32.0 Å². The third-order valence-electron chi connectivity index (χ3n) is 3.90. The van der Waals surface area contributed by atoms with E-state index in [1.165, 1.54) is 0 Å². The van der Waals surface area contributed by atoms with Crippen LogP contribution in [-0.2, 0) is 16.6 Å². The second-order valence-corrected chi connectivity index (χ2v) is 7.14. The van der Waals surface area contributed by atoms with Crippen LogP contribution in [0.3, 0.4) is 0 Å². The maximum atomic E-state index is 12.7. The molecule has 0 unspecified atom stereocenters. The maximum Gasteiger partial charge on any atom is 0.197 e. The van der Waals surface area contributed by atoms with Crippen LogP contribution in [0.25, 0.3) is 11.0 Å². The number of aliphatic hydroxyl groups excluding tert-OH is 1. The van der Waals surface area contributed by atoms with E-state index in [0.717, 1.165) is 39.4 Å². The van der Waals surface area contributed by atoms with Gasteiger partial charge in [-0.05, 0) is 32.9 Å². The van der Waals surface area contributed by atoms with Gasteiger partial charge >= 0.3 is 0 Å². The highest BCUT2D eigenvalue weighted by Crippen LogP contribution is 2.26. The average molecular weight is 391 g/mol. The number of H-pyrrole nitrogens is 1. The quantitative estimate of drug-likeness (QED) is 0.694. The largest absolute Gasteiger partial charge is 0.497 e. The number of hydrogen-bond acceptors (Lipinski definition) is 6. The van der Waals surface area contributed by atoms with E-state index in [4.69, 9.17) is 14.6 Å². The highest BCUT2D eigenvalue weighted by atomic mass is 32.2. The van der Waals surface area contributed by atoms with Gasteiger partial charge in [-0.25, -0.2) is 4.98 Å². The van der Waals surface area contributed by atoms with Crippen molar-refractivity contribution in [3.05, 3.63) is 41.2 Å². The lowest BCUT2D eigenvalue weighted by Crippen LogP contribution is -2.05. The molecule has 1 atom stereocenters. The first-order valence-electron chi connectivity index (χ1n) is 8.47. The van der Waals surface area contributed by atoms with Crippen molar-refractivity contribution in [3.63, 3.8) is 0 Å². The van der Waals surface area contributed by atoms with Gasteiger partial charge in [-0.3, -0.25) is 9.19 Å². The molecule has 0 aliphatic carbocycles. The molecule has 2 N–H and O–H groups in total. The van der Waals surface area contributed by atoms with Crippen LogP contribution in [0.1, 0.15) is 23.7 Å². The van der Waals surface area contributed by atoms with Gasteiger partial charge in [0.15, 0.2) is 5.16 Å². The zero-order chi connectivity index (χ0) is 20.0. The number of ether oxygens (including phenoxy) is 2. The molecule has 0 aliphatic heterocycles. The highest BCUT2D eigenvalue weighted by Gasteiger charge is 2.16. The molecule has 0 saturated carbocycles. The normalized spacial score (nSPS) is 11.6. The van der Waals surface area contributed by atoms with Crippen LogP contribution in [-0.4, -0.2) is 45.1 Å². The molecule has 3 aromatic rings. The van der Waals surface area contributed by atoms with Crippen molar-refractivity contribution in [2.75, 3.05) is 20.8 Å². The number of aromatic amines is 1. The van der Waals surface area contributed by atoms with Crippen molar-refractivity contribution >= 4 is 21.8 Å². The fraction of sp³-hybridized carbons (Fsp3) is 0.368. The number of hydrogen-bond donors (Lipinski definition) is 2. The number of rotatable bonds is 5. The lowest BCUT2D eigenvalue weighted by Gasteiger charge is -2.11. The van der Waals surface area contributed by atoms with Gasteiger partial charge in [0.2, 0.25) is 0 Å². The first-order valence-corrected chi connectivity index (χ1v) is 9.79. The van der Waals surface area contributed by atoms with E-state index in [0.29, 0.717) is 5.16 Å². The summed E-state index contributed by atoms with van der Waals surface area (Å²) in [6.07, 6.45) is 1.74. The molecule has 0 bridgehead atoms. The smallest absolute Gasteiger partial charge is 0.197 e. The number of nitrogens with zero attached hydrogens (tertiary/aromatic N) is 2. The fourth-order valence-electron chi connectivity index (χ4n) is 2.61. The molecule has 1 aromatic carbocycles. The first-order chi connectivity index (χ1) is 12.9. The van der Waals surface area contributed by atoms with Crippen molar-refractivity contribution in [2.45, 2.75) is 31.7 Å². The number of aliphatic hydroxyl groups is 1. The lowest BCUT2D eigenvalue weighted by atomic mass is 10.1. The monoisotopic (exact) mass is 391 g/mol. The van der Waals surface area contributed by atoms with E-state index in [9.17, 15) is 4.21 Å². The van der Waals surface area contributed by atoms with E-state index >= 15 is 0 Å². The second kappa shape index (κ2) is 9.48. The average Bonchev–Trinajstić information content (AvgIpc) is 3.08. The number of aromatic nitrogens is 3. The molecular weight excluding hydrogens is 366 g/mol. The number of benzene rings is 1. The minimum absolute atomic E-state index is 0.250. The van der Waals surface area contributed by atoms with Crippen LogP contribution in [0.15, 0.2) is 29.6 Å². The second-order valence-electron chi connectivity index (χ2n) is 5.78. The Balaban J connectivity index is 0.000000817. The summed E-state index contributed by atoms with van der Waals surface area (Å²) in [6.45, 7) is 5.79. The molecule has 2 heterocycles. The lowest BCUT2D eigenvalue weighted by molar-refractivity contribution is 0.318. The van der Waals surface area contributed by atoms with Crippen molar-refractivity contribution in [1.29, 1.82) is 0 Å². The number of pyridine rings is 1. The summed E-state index contributed by atoms with van der Waals surface area (Å²) < 4.78 is 23.3. The number of methoxy groups -OCH3 is 2. The molecule has 0 spiro atoms. The molecule has 0 saturated heterocycles. The number of aryl methyl sites for hydroxylation is 1. The number of fused-ring (bicyclic) bond motifs is 1. The van der Waals surface area contributed by atoms with Gasteiger partial charge in [-0.2, -0.15) is 0 Å². The predicted octanol–water partition coefficient (Wildman–Crippen LogP) is 2.90. The van der Waals surface area contributed by atoms with Gasteiger partial charge in [0.25, 0.3) is 0 Å². The molecule has 2 aromatic heterocycles. The van der Waals surface area contributed by atoms with Crippen LogP contribution in [0.2, 0.25) is 0 Å². The summed E-state index contributed by atoms with van der Waals surface area (Å²) in [7, 11) is 1.91. The summed E-state index contributed by atoms with van der Waals surface area (Å²) >= 11 is 0. The zero-order valence-electron chi connectivity index (χ0n) is 16.2. The van der Waals surface area contributed by atoms with Crippen LogP contribution in [0, 0.1) is 13.8 Å². The third-order valence-corrected chi connectivity index (χ3v) is 5.06. The summed E-state index contributed by atoms with van der Waals surface area (Å²) in [6, 6.07) is 5.50. The zero-order valence-corrected chi connectivity index (χ0v) is 17.0. The molecule has 27 heavy (non-hydrogen) atoms. The minimum Gasteiger partial charge on any atom is -0.497 e. The molecule has 7 nitrogen and oxygen atoms in total. The predicted molar refractivity (Wildman–Crippen MR) is 106 cm³/mol. The van der Waals surface area contributed by atoms with Crippen molar-refractivity contribution in [1.82, 2.24) is 15.0 Å². The van der Waals surface area contributed by atoms with Crippen molar-refractivity contribution in [3.8, 4) is 11.5 Å². The Hall–Kier alpha value is -2.45. The van der Waals surface area contributed by atoms with Gasteiger partial charge in [0.1, 0.15) is 11.5 Å². The SMILES string of the molecule is CCO.COc1ccc2nc([S@](=O)Cc3ncc(C)c(OC)c3C)[nH]c2c1. The fourth-order valence-corrected chi connectivity index (χ4v) is 3.71. The maximum absolute atomic E-state index is 12.7. The van der Waals surface area contributed by atoms with E-state index in [2.05, 4.69) is 15.0 Å². The Morgan fingerprint density at radius 1 is 1.22 bits per heavy atom. The van der Waals surface area contributed by atoms with Crippen LogP contribution >= 0.6 is 0 Å².